The van der Waals surface area contributed by atoms with E-state index >= 15 is 0 Å². The standard InChI is InChI=1S/C13H17NO4/c1-4-13(12(16)17,14-9(2)15)10-7-5-6-8-11(10)18-3/h5-8H,4H2,1-3H3,(H,14,15)(H,16,17). The molecule has 0 radical (unpaired) electrons. The second-order valence-corrected chi connectivity index (χ2v) is 3.95. The molecule has 0 aromatic heterocycles. The van der Waals surface area contributed by atoms with Crippen molar-refractivity contribution in [3.05, 3.63) is 29.8 Å². The number of methoxy groups -OCH3 is 1. The third-order valence-corrected chi connectivity index (χ3v) is 2.85. The summed E-state index contributed by atoms with van der Waals surface area (Å²) in [5, 5.41) is 12.0. The summed E-state index contributed by atoms with van der Waals surface area (Å²) >= 11 is 0. The van der Waals surface area contributed by atoms with Gasteiger partial charge in [-0.2, -0.15) is 0 Å². The topological polar surface area (TPSA) is 75.6 Å². The molecule has 18 heavy (non-hydrogen) atoms. The molecule has 5 nitrogen and oxygen atoms in total. The fourth-order valence-electron chi connectivity index (χ4n) is 1.96. The molecule has 98 valence electrons. The monoisotopic (exact) mass is 251 g/mol. The third kappa shape index (κ3) is 2.45. The van der Waals surface area contributed by atoms with Crippen LogP contribution in [0.25, 0.3) is 0 Å². The summed E-state index contributed by atoms with van der Waals surface area (Å²) in [5.74, 6) is -1.06. The highest BCUT2D eigenvalue weighted by atomic mass is 16.5. The van der Waals surface area contributed by atoms with Crippen molar-refractivity contribution in [3.8, 4) is 5.75 Å². The van der Waals surface area contributed by atoms with Crippen molar-refractivity contribution in [3.63, 3.8) is 0 Å². The van der Waals surface area contributed by atoms with Crippen molar-refractivity contribution < 1.29 is 19.4 Å². The van der Waals surface area contributed by atoms with Crippen LogP contribution >= 0.6 is 0 Å². The van der Waals surface area contributed by atoms with Gasteiger partial charge in [0.15, 0.2) is 5.54 Å². The SMILES string of the molecule is CCC(NC(C)=O)(C(=O)O)c1ccccc1OC. The maximum Gasteiger partial charge on any atom is 0.334 e. The number of amides is 1. The highest BCUT2D eigenvalue weighted by molar-refractivity contribution is 5.88. The molecule has 0 aliphatic rings. The number of para-hydroxylation sites is 1. The van der Waals surface area contributed by atoms with Gasteiger partial charge in [-0.1, -0.05) is 25.1 Å². The largest absolute Gasteiger partial charge is 0.496 e. The molecule has 0 spiro atoms. The Morgan fingerprint density at radius 2 is 2.00 bits per heavy atom. The minimum absolute atomic E-state index is 0.224. The summed E-state index contributed by atoms with van der Waals surface area (Å²) in [4.78, 5) is 22.9. The minimum atomic E-state index is -1.46. The number of carboxylic acids is 1. The fourth-order valence-corrected chi connectivity index (χ4v) is 1.96. The van der Waals surface area contributed by atoms with Gasteiger partial charge in [0.1, 0.15) is 5.75 Å². The molecule has 0 saturated heterocycles. The number of hydrogen-bond acceptors (Lipinski definition) is 3. The van der Waals surface area contributed by atoms with Crippen molar-refractivity contribution in [2.75, 3.05) is 7.11 Å². The van der Waals surface area contributed by atoms with Gasteiger partial charge in [-0.05, 0) is 12.5 Å². The molecule has 1 rings (SSSR count). The zero-order valence-electron chi connectivity index (χ0n) is 10.7. The van der Waals surface area contributed by atoms with E-state index in [1.807, 2.05) is 0 Å². The number of carbonyl (C=O) groups excluding carboxylic acids is 1. The molecule has 0 aliphatic carbocycles. The van der Waals surface area contributed by atoms with E-state index < -0.39 is 17.4 Å². The third-order valence-electron chi connectivity index (χ3n) is 2.85. The van der Waals surface area contributed by atoms with Gasteiger partial charge >= 0.3 is 5.97 Å². The first-order valence-electron chi connectivity index (χ1n) is 5.63. The highest BCUT2D eigenvalue weighted by Crippen LogP contribution is 2.32. The molecule has 5 heteroatoms. The lowest BCUT2D eigenvalue weighted by atomic mass is 9.86. The number of carboxylic acid groups (broad SMARTS) is 1. The number of ether oxygens (including phenoxy) is 1. The van der Waals surface area contributed by atoms with Crippen LogP contribution in [-0.4, -0.2) is 24.1 Å². The number of hydrogen-bond donors (Lipinski definition) is 2. The second kappa shape index (κ2) is 5.53. The molecule has 1 unspecified atom stereocenters. The average Bonchev–Trinajstić information content (AvgIpc) is 2.35. The highest BCUT2D eigenvalue weighted by Gasteiger charge is 2.41. The van der Waals surface area contributed by atoms with E-state index in [4.69, 9.17) is 4.74 Å². The maximum atomic E-state index is 11.6. The number of benzene rings is 1. The number of rotatable bonds is 5. The van der Waals surface area contributed by atoms with Gasteiger partial charge in [0.05, 0.1) is 7.11 Å². The lowest BCUT2D eigenvalue weighted by molar-refractivity contribution is -0.148. The van der Waals surface area contributed by atoms with Crippen LogP contribution in [0.15, 0.2) is 24.3 Å². The zero-order chi connectivity index (χ0) is 13.8. The van der Waals surface area contributed by atoms with Crippen molar-refractivity contribution >= 4 is 11.9 Å². The van der Waals surface area contributed by atoms with Gasteiger partial charge in [0.25, 0.3) is 0 Å². The zero-order valence-corrected chi connectivity index (χ0v) is 10.7. The Labute approximate surface area is 106 Å². The minimum Gasteiger partial charge on any atom is -0.496 e. The first-order valence-corrected chi connectivity index (χ1v) is 5.63. The number of nitrogens with one attached hydrogen (secondary N) is 1. The Kier molecular flexibility index (Phi) is 4.31. The first kappa shape index (κ1) is 14.0. The molecule has 1 amide bonds. The fraction of sp³-hybridized carbons (Fsp3) is 0.385. The number of aliphatic carboxylic acids is 1. The molecular formula is C13H17NO4. The summed E-state index contributed by atoms with van der Waals surface area (Å²) in [6.45, 7) is 3.00. The van der Waals surface area contributed by atoms with Crippen LogP contribution in [0.5, 0.6) is 5.75 Å². The second-order valence-electron chi connectivity index (χ2n) is 3.95. The van der Waals surface area contributed by atoms with E-state index in [0.717, 1.165) is 0 Å². The van der Waals surface area contributed by atoms with E-state index in [1.54, 1.807) is 31.2 Å². The summed E-state index contributed by atoms with van der Waals surface area (Å²) in [6, 6.07) is 6.78. The van der Waals surface area contributed by atoms with Gasteiger partial charge in [-0.3, -0.25) is 4.79 Å². The predicted octanol–water partition coefficient (Wildman–Crippen LogP) is 1.52. The molecule has 1 aromatic rings. The van der Waals surface area contributed by atoms with Crippen molar-refractivity contribution in [2.45, 2.75) is 25.8 Å². The Morgan fingerprint density at radius 3 is 2.44 bits per heavy atom. The van der Waals surface area contributed by atoms with Crippen LogP contribution < -0.4 is 10.1 Å². The van der Waals surface area contributed by atoms with Crippen LogP contribution in [0.4, 0.5) is 0 Å². The van der Waals surface area contributed by atoms with Gasteiger partial charge in [0, 0.05) is 12.5 Å². The first-order chi connectivity index (χ1) is 8.47. The Balaban J connectivity index is 3.41. The van der Waals surface area contributed by atoms with Crippen molar-refractivity contribution in [1.29, 1.82) is 0 Å². The lowest BCUT2D eigenvalue weighted by Gasteiger charge is -2.30. The molecule has 0 heterocycles. The summed E-state index contributed by atoms with van der Waals surface area (Å²) in [7, 11) is 1.47. The Bertz CT molecular complexity index is 458. The van der Waals surface area contributed by atoms with E-state index in [0.29, 0.717) is 11.3 Å². The molecule has 1 aromatic carbocycles. The van der Waals surface area contributed by atoms with Crippen LogP contribution in [0.3, 0.4) is 0 Å². The quantitative estimate of drug-likeness (QED) is 0.832. The maximum absolute atomic E-state index is 11.6. The molecule has 0 bridgehead atoms. The normalized spacial score (nSPS) is 13.5. The molecule has 0 fully saturated rings. The summed E-state index contributed by atoms with van der Waals surface area (Å²) in [5.41, 5.74) is -1.02. The van der Waals surface area contributed by atoms with E-state index in [1.165, 1.54) is 14.0 Å². The van der Waals surface area contributed by atoms with Gasteiger partial charge in [-0.25, -0.2) is 4.79 Å². The lowest BCUT2D eigenvalue weighted by Crippen LogP contribution is -2.51. The van der Waals surface area contributed by atoms with Gasteiger partial charge in [0.2, 0.25) is 5.91 Å². The van der Waals surface area contributed by atoms with Crippen LogP contribution in [0.1, 0.15) is 25.8 Å². The van der Waals surface area contributed by atoms with Crippen molar-refractivity contribution in [2.24, 2.45) is 0 Å². The van der Waals surface area contributed by atoms with E-state index in [2.05, 4.69) is 5.32 Å². The average molecular weight is 251 g/mol. The van der Waals surface area contributed by atoms with Crippen LogP contribution in [-0.2, 0) is 15.1 Å². The van der Waals surface area contributed by atoms with Crippen LogP contribution in [0.2, 0.25) is 0 Å². The smallest absolute Gasteiger partial charge is 0.334 e. The molecule has 2 N–H and O–H groups in total. The molecule has 0 aliphatic heterocycles. The van der Waals surface area contributed by atoms with E-state index in [-0.39, 0.29) is 6.42 Å². The summed E-state index contributed by atoms with van der Waals surface area (Å²) < 4.78 is 5.17. The van der Waals surface area contributed by atoms with Gasteiger partial charge < -0.3 is 15.2 Å². The molecular weight excluding hydrogens is 234 g/mol. The van der Waals surface area contributed by atoms with Crippen LogP contribution in [0, 0.1) is 0 Å². The Hall–Kier alpha value is -2.04. The molecule has 1 atom stereocenters. The van der Waals surface area contributed by atoms with Crippen molar-refractivity contribution in [1.82, 2.24) is 5.32 Å². The summed E-state index contributed by atoms with van der Waals surface area (Å²) in [6.07, 6.45) is 0.224. The molecule has 0 saturated carbocycles. The Morgan fingerprint density at radius 1 is 1.39 bits per heavy atom. The number of carbonyl (C=O) groups is 2. The van der Waals surface area contributed by atoms with Gasteiger partial charge in [-0.15, -0.1) is 0 Å². The predicted molar refractivity (Wildman–Crippen MR) is 66.4 cm³/mol. The van der Waals surface area contributed by atoms with E-state index in [9.17, 15) is 14.7 Å².